The van der Waals surface area contributed by atoms with Crippen molar-refractivity contribution >= 4 is 29.3 Å². The van der Waals surface area contributed by atoms with Crippen LogP contribution in [0.4, 0.5) is 5.69 Å². The Balaban J connectivity index is 1.65. The predicted octanol–water partition coefficient (Wildman–Crippen LogP) is 2.67. The van der Waals surface area contributed by atoms with Gasteiger partial charge in [-0.3, -0.25) is 19.5 Å². The van der Waals surface area contributed by atoms with Crippen molar-refractivity contribution in [2.75, 3.05) is 11.9 Å². The lowest BCUT2D eigenvalue weighted by Gasteiger charge is -2.33. The van der Waals surface area contributed by atoms with Crippen LogP contribution in [0, 0.1) is 0 Å². The standard InChI is InChI=1S/C18H17N3O2S/c1-20(12-13-6-4-5-11-19-13)17(23)18-10-9-16(22)21(18)14-7-2-3-8-15(14)24-18/h2-8,11H,9-10,12H2,1H3. The van der Waals surface area contributed by atoms with Gasteiger partial charge >= 0.3 is 0 Å². The van der Waals surface area contributed by atoms with Crippen LogP contribution in [0.1, 0.15) is 18.5 Å². The Morgan fingerprint density at radius 1 is 1.29 bits per heavy atom. The second kappa shape index (κ2) is 5.63. The quantitative estimate of drug-likeness (QED) is 0.863. The number of benzene rings is 1. The molecular formula is C18H17N3O2S. The van der Waals surface area contributed by atoms with Gasteiger partial charge in [0.25, 0.3) is 5.91 Å². The lowest BCUT2D eigenvalue weighted by molar-refractivity contribution is -0.133. The van der Waals surface area contributed by atoms with Crippen LogP contribution in [0.3, 0.4) is 0 Å². The maximum Gasteiger partial charge on any atom is 0.259 e. The number of likely N-dealkylation sites (N-methyl/N-ethyl adjacent to an activating group) is 1. The van der Waals surface area contributed by atoms with Crippen molar-refractivity contribution in [3.8, 4) is 0 Å². The summed E-state index contributed by atoms with van der Waals surface area (Å²) in [4.78, 5) is 33.5. The summed E-state index contributed by atoms with van der Waals surface area (Å²) in [5, 5.41) is 0. The van der Waals surface area contributed by atoms with Gasteiger partial charge < -0.3 is 4.90 Å². The van der Waals surface area contributed by atoms with Crippen molar-refractivity contribution < 1.29 is 9.59 Å². The van der Waals surface area contributed by atoms with Crippen LogP contribution in [-0.2, 0) is 16.1 Å². The third-order valence-electron chi connectivity index (χ3n) is 4.48. The number of para-hydroxylation sites is 1. The van der Waals surface area contributed by atoms with Gasteiger partial charge in [-0.1, -0.05) is 30.0 Å². The number of rotatable bonds is 3. The average Bonchev–Trinajstić information content (AvgIpc) is 3.11. The van der Waals surface area contributed by atoms with Crippen molar-refractivity contribution in [3.05, 3.63) is 54.4 Å². The fourth-order valence-electron chi connectivity index (χ4n) is 3.39. The van der Waals surface area contributed by atoms with E-state index in [9.17, 15) is 9.59 Å². The van der Waals surface area contributed by atoms with Gasteiger partial charge in [0, 0.05) is 24.6 Å². The van der Waals surface area contributed by atoms with Crippen LogP contribution in [0.2, 0.25) is 0 Å². The molecule has 2 aliphatic heterocycles. The van der Waals surface area contributed by atoms with Crippen molar-refractivity contribution in [1.82, 2.24) is 9.88 Å². The molecule has 1 fully saturated rings. The molecule has 1 saturated heterocycles. The Bertz CT molecular complexity index is 811. The highest BCUT2D eigenvalue weighted by molar-refractivity contribution is 8.02. The Kier molecular flexibility index (Phi) is 3.57. The summed E-state index contributed by atoms with van der Waals surface area (Å²) in [6.07, 6.45) is 2.67. The summed E-state index contributed by atoms with van der Waals surface area (Å²) in [6.45, 7) is 0.431. The maximum absolute atomic E-state index is 13.3. The van der Waals surface area contributed by atoms with Gasteiger partial charge in [0.05, 0.1) is 17.9 Å². The van der Waals surface area contributed by atoms with Gasteiger partial charge in [0.2, 0.25) is 5.91 Å². The second-order valence-electron chi connectivity index (χ2n) is 6.07. The van der Waals surface area contributed by atoms with Gasteiger partial charge in [-0.15, -0.1) is 0 Å². The molecule has 1 unspecified atom stereocenters. The van der Waals surface area contributed by atoms with Gasteiger partial charge in [0.1, 0.15) is 0 Å². The van der Waals surface area contributed by atoms with Crippen molar-refractivity contribution in [2.45, 2.75) is 29.2 Å². The Hall–Kier alpha value is -2.34. The van der Waals surface area contributed by atoms with E-state index in [-0.39, 0.29) is 11.8 Å². The second-order valence-corrected chi connectivity index (χ2v) is 7.38. The fourth-order valence-corrected chi connectivity index (χ4v) is 4.90. The molecular weight excluding hydrogens is 322 g/mol. The first-order valence-electron chi connectivity index (χ1n) is 7.88. The number of carbonyl (C=O) groups excluding carboxylic acids is 2. The number of amides is 2. The van der Waals surface area contributed by atoms with E-state index in [4.69, 9.17) is 0 Å². The monoisotopic (exact) mass is 339 g/mol. The van der Waals surface area contributed by atoms with E-state index in [2.05, 4.69) is 4.98 Å². The van der Waals surface area contributed by atoms with Crippen molar-refractivity contribution in [1.29, 1.82) is 0 Å². The molecule has 2 aliphatic rings. The molecule has 0 bridgehead atoms. The van der Waals surface area contributed by atoms with E-state index < -0.39 is 4.87 Å². The molecule has 24 heavy (non-hydrogen) atoms. The number of anilines is 1. The maximum atomic E-state index is 13.3. The Morgan fingerprint density at radius 3 is 2.88 bits per heavy atom. The summed E-state index contributed by atoms with van der Waals surface area (Å²) in [5.41, 5.74) is 1.69. The number of aromatic nitrogens is 1. The smallest absolute Gasteiger partial charge is 0.259 e. The lowest BCUT2D eigenvalue weighted by atomic mass is 10.1. The Labute approximate surface area is 144 Å². The summed E-state index contributed by atoms with van der Waals surface area (Å²) in [5.74, 6) is -0.0211. The number of thioether (sulfide) groups is 1. The van der Waals surface area contributed by atoms with Crippen molar-refractivity contribution in [3.63, 3.8) is 0 Å². The molecule has 5 nitrogen and oxygen atoms in total. The molecule has 0 N–H and O–H groups in total. The van der Waals surface area contributed by atoms with Crippen LogP contribution in [0.15, 0.2) is 53.6 Å². The molecule has 3 heterocycles. The number of carbonyl (C=O) groups is 2. The molecule has 1 aromatic heterocycles. The zero-order valence-electron chi connectivity index (χ0n) is 13.3. The first-order valence-corrected chi connectivity index (χ1v) is 8.70. The predicted molar refractivity (Wildman–Crippen MR) is 92.5 cm³/mol. The highest BCUT2D eigenvalue weighted by Crippen LogP contribution is 2.56. The first kappa shape index (κ1) is 15.2. The average molecular weight is 339 g/mol. The number of pyridine rings is 1. The number of nitrogens with zero attached hydrogens (tertiary/aromatic N) is 3. The molecule has 122 valence electrons. The molecule has 0 saturated carbocycles. The zero-order chi connectivity index (χ0) is 16.7. The highest BCUT2D eigenvalue weighted by Gasteiger charge is 2.58. The van der Waals surface area contributed by atoms with E-state index in [1.54, 1.807) is 23.0 Å². The first-order chi connectivity index (χ1) is 11.6. The molecule has 4 rings (SSSR count). The molecule has 2 aromatic rings. The summed E-state index contributed by atoms with van der Waals surface area (Å²) in [6, 6.07) is 13.4. The minimum absolute atomic E-state index is 0.0204. The van der Waals surface area contributed by atoms with E-state index in [0.29, 0.717) is 19.4 Å². The normalized spacial score (nSPS) is 21.5. The number of hydrogen-bond donors (Lipinski definition) is 0. The van der Waals surface area contributed by atoms with E-state index in [0.717, 1.165) is 16.3 Å². The van der Waals surface area contributed by atoms with Gasteiger partial charge in [-0.25, -0.2) is 0 Å². The largest absolute Gasteiger partial charge is 0.337 e. The van der Waals surface area contributed by atoms with Gasteiger partial charge in [-0.2, -0.15) is 0 Å². The molecule has 0 radical (unpaired) electrons. The van der Waals surface area contributed by atoms with E-state index >= 15 is 0 Å². The summed E-state index contributed by atoms with van der Waals surface area (Å²) < 4.78 is 0. The molecule has 1 atom stereocenters. The van der Waals surface area contributed by atoms with Crippen molar-refractivity contribution in [2.24, 2.45) is 0 Å². The number of hydrogen-bond acceptors (Lipinski definition) is 4. The molecule has 0 aliphatic carbocycles. The lowest BCUT2D eigenvalue weighted by Crippen LogP contribution is -2.52. The third-order valence-corrected chi connectivity index (χ3v) is 5.94. The Morgan fingerprint density at radius 2 is 2.08 bits per heavy atom. The SMILES string of the molecule is CN(Cc1ccccn1)C(=O)C12CCC(=O)N1c1ccccc1S2. The molecule has 1 aromatic carbocycles. The van der Waals surface area contributed by atoms with Gasteiger partial charge in [0.15, 0.2) is 4.87 Å². The molecule has 6 heteroatoms. The number of fused-ring (bicyclic) bond motifs is 3. The third kappa shape index (κ3) is 2.21. The minimum Gasteiger partial charge on any atom is -0.337 e. The fraction of sp³-hybridized carbons (Fsp3) is 0.278. The summed E-state index contributed by atoms with van der Waals surface area (Å²) in [7, 11) is 1.77. The highest BCUT2D eigenvalue weighted by atomic mass is 32.2. The summed E-state index contributed by atoms with van der Waals surface area (Å²) >= 11 is 1.50. The van der Waals surface area contributed by atoms with E-state index in [1.165, 1.54) is 11.8 Å². The van der Waals surface area contributed by atoms with Crippen LogP contribution in [-0.4, -0.2) is 33.6 Å². The van der Waals surface area contributed by atoms with Crippen LogP contribution >= 0.6 is 11.8 Å². The van der Waals surface area contributed by atoms with Crippen LogP contribution in [0.5, 0.6) is 0 Å². The van der Waals surface area contributed by atoms with Crippen LogP contribution in [0.25, 0.3) is 0 Å². The van der Waals surface area contributed by atoms with E-state index in [1.807, 2.05) is 42.5 Å². The topological polar surface area (TPSA) is 53.5 Å². The van der Waals surface area contributed by atoms with Crippen LogP contribution < -0.4 is 4.90 Å². The minimum atomic E-state index is -0.843. The molecule has 0 spiro atoms. The van der Waals surface area contributed by atoms with Gasteiger partial charge in [-0.05, 0) is 30.7 Å². The zero-order valence-corrected chi connectivity index (χ0v) is 14.1. The molecule has 2 amide bonds.